The van der Waals surface area contributed by atoms with Gasteiger partial charge in [0.05, 0.1) is 5.02 Å². The van der Waals surface area contributed by atoms with Crippen LogP contribution < -0.4 is 4.74 Å². The van der Waals surface area contributed by atoms with E-state index in [2.05, 4.69) is 20.9 Å². The van der Waals surface area contributed by atoms with Gasteiger partial charge in [-0.1, -0.05) is 27.5 Å². The molecule has 0 saturated carbocycles. The highest BCUT2D eigenvalue weighted by Gasteiger charge is 2.06. The number of nitrogens with zero attached hydrogens (tertiary/aromatic N) is 1. The molecule has 0 aliphatic carbocycles. The Balaban J connectivity index is 2.25. The molecule has 0 amide bonds. The number of alkyl halides is 1. The van der Waals surface area contributed by atoms with Crippen molar-refractivity contribution in [3.63, 3.8) is 0 Å². The summed E-state index contributed by atoms with van der Waals surface area (Å²) in [6, 6.07) is 6.25. The average Bonchev–Trinajstić information content (AvgIpc) is 2.36. The van der Waals surface area contributed by atoms with Gasteiger partial charge in [-0.25, -0.2) is 9.37 Å². The van der Waals surface area contributed by atoms with Crippen molar-refractivity contribution in [2.75, 3.05) is 0 Å². The van der Waals surface area contributed by atoms with Crippen molar-refractivity contribution in [2.45, 2.75) is 12.3 Å². The molecule has 1 aromatic heterocycles. The molecule has 0 bridgehead atoms. The highest BCUT2D eigenvalue weighted by Crippen LogP contribution is 2.26. The molecule has 18 heavy (non-hydrogen) atoms. The first kappa shape index (κ1) is 13.3. The lowest BCUT2D eigenvalue weighted by atomic mass is 10.2. The van der Waals surface area contributed by atoms with Gasteiger partial charge in [-0.15, -0.1) is 0 Å². The predicted octanol–water partition coefficient (Wildman–Crippen LogP) is 4.87. The van der Waals surface area contributed by atoms with Gasteiger partial charge in [-0.05, 0) is 30.7 Å². The number of benzene rings is 1. The summed E-state index contributed by atoms with van der Waals surface area (Å²) in [7, 11) is 0. The second-order valence-corrected chi connectivity index (χ2v) is 4.75. The maximum atomic E-state index is 13.3. The van der Waals surface area contributed by atoms with Gasteiger partial charge in [0, 0.05) is 23.2 Å². The molecule has 0 fully saturated rings. The van der Waals surface area contributed by atoms with Crippen LogP contribution in [0.4, 0.5) is 4.39 Å². The van der Waals surface area contributed by atoms with Crippen molar-refractivity contribution >= 4 is 27.5 Å². The average molecular weight is 331 g/mol. The van der Waals surface area contributed by atoms with Crippen LogP contribution in [-0.4, -0.2) is 4.98 Å². The first-order valence-electron chi connectivity index (χ1n) is 5.24. The third-order valence-corrected chi connectivity index (χ3v) is 3.30. The fourth-order valence-electron chi connectivity index (χ4n) is 1.45. The van der Waals surface area contributed by atoms with Gasteiger partial charge in [-0.2, -0.15) is 0 Å². The number of aryl methyl sites for hydroxylation is 1. The minimum atomic E-state index is -0.510. The number of halogens is 3. The number of hydrogen-bond donors (Lipinski definition) is 0. The Morgan fingerprint density at radius 1 is 1.39 bits per heavy atom. The summed E-state index contributed by atoms with van der Waals surface area (Å²) in [5.74, 6) is 0.324. The molecule has 1 heterocycles. The molecule has 2 rings (SSSR count). The van der Waals surface area contributed by atoms with E-state index < -0.39 is 5.82 Å². The molecule has 2 nitrogen and oxygen atoms in total. The van der Waals surface area contributed by atoms with Crippen molar-refractivity contribution in [3.05, 3.63) is 52.4 Å². The van der Waals surface area contributed by atoms with Gasteiger partial charge in [0.2, 0.25) is 5.88 Å². The molecule has 2 aromatic rings. The van der Waals surface area contributed by atoms with Gasteiger partial charge in [0.15, 0.2) is 0 Å². The Kier molecular flexibility index (Phi) is 4.19. The van der Waals surface area contributed by atoms with Crippen LogP contribution >= 0.6 is 27.5 Å². The van der Waals surface area contributed by atoms with Crippen LogP contribution in [0.2, 0.25) is 5.02 Å². The van der Waals surface area contributed by atoms with Gasteiger partial charge in [0.1, 0.15) is 11.6 Å². The van der Waals surface area contributed by atoms with Crippen LogP contribution in [0, 0.1) is 12.7 Å². The maximum absolute atomic E-state index is 13.3. The molecule has 1 aromatic carbocycles. The summed E-state index contributed by atoms with van der Waals surface area (Å²) in [6.45, 7) is 1.89. The number of rotatable bonds is 3. The van der Waals surface area contributed by atoms with Crippen molar-refractivity contribution in [1.82, 2.24) is 4.98 Å². The van der Waals surface area contributed by atoms with E-state index in [1.165, 1.54) is 12.1 Å². The Morgan fingerprint density at radius 2 is 2.17 bits per heavy atom. The summed E-state index contributed by atoms with van der Waals surface area (Å²) in [6.07, 6.45) is 1.71. The molecule has 0 saturated heterocycles. The van der Waals surface area contributed by atoms with Gasteiger partial charge >= 0.3 is 0 Å². The zero-order valence-electron chi connectivity index (χ0n) is 9.58. The summed E-state index contributed by atoms with van der Waals surface area (Å²) in [5.41, 5.74) is 1.95. The first-order chi connectivity index (χ1) is 8.60. The SMILES string of the molecule is Cc1cc(CBr)cnc1Oc1ccc(Cl)c(F)c1. The fraction of sp³-hybridized carbons (Fsp3) is 0.154. The minimum absolute atomic E-state index is 0.0710. The lowest BCUT2D eigenvalue weighted by Gasteiger charge is -2.08. The van der Waals surface area contributed by atoms with Crippen LogP contribution in [0.25, 0.3) is 0 Å². The van der Waals surface area contributed by atoms with Crippen LogP contribution in [0.15, 0.2) is 30.5 Å². The van der Waals surface area contributed by atoms with E-state index in [1.807, 2.05) is 13.0 Å². The molecular weight excluding hydrogens is 321 g/mol. The molecule has 0 radical (unpaired) electrons. The zero-order valence-corrected chi connectivity index (χ0v) is 11.9. The van der Waals surface area contributed by atoms with Gasteiger partial charge in [0.25, 0.3) is 0 Å². The van der Waals surface area contributed by atoms with E-state index in [-0.39, 0.29) is 5.02 Å². The zero-order chi connectivity index (χ0) is 13.1. The highest BCUT2D eigenvalue weighted by atomic mass is 79.9. The van der Waals surface area contributed by atoms with E-state index in [4.69, 9.17) is 16.3 Å². The number of aromatic nitrogens is 1. The molecule has 0 atom stereocenters. The van der Waals surface area contributed by atoms with Crippen LogP contribution in [0.1, 0.15) is 11.1 Å². The first-order valence-corrected chi connectivity index (χ1v) is 6.74. The lowest BCUT2D eigenvalue weighted by Crippen LogP contribution is -1.93. The summed E-state index contributed by atoms with van der Waals surface area (Å²) >= 11 is 8.96. The number of ether oxygens (including phenoxy) is 1. The van der Waals surface area contributed by atoms with Crippen LogP contribution in [-0.2, 0) is 5.33 Å². The largest absolute Gasteiger partial charge is 0.439 e. The van der Waals surface area contributed by atoms with E-state index in [0.717, 1.165) is 16.5 Å². The molecule has 94 valence electrons. The maximum Gasteiger partial charge on any atom is 0.222 e. The van der Waals surface area contributed by atoms with E-state index >= 15 is 0 Å². The normalized spacial score (nSPS) is 10.4. The number of pyridine rings is 1. The second kappa shape index (κ2) is 5.67. The standard InChI is InChI=1S/C13H10BrClFNO/c1-8-4-9(6-14)7-17-13(8)18-10-2-3-11(15)12(16)5-10/h2-5,7H,6H2,1H3. The molecule has 0 N–H and O–H groups in total. The van der Waals surface area contributed by atoms with Crippen molar-refractivity contribution < 1.29 is 9.13 Å². The molecular formula is C13H10BrClFNO. The summed E-state index contributed by atoms with van der Waals surface area (Å²) in [4.78, 5) is 4.19. The van der Waals surface area contributed by atoms with Crippen molar-refractivity contribution in [2.24, 2.45) is 0 Å². The molecule has 0 aliphatic rings. The van der Waals surface area contributed by atoms with Crippen molar-refractivity contribution in [3.8, 4) is 11.6 Å². The van der Waals surface area contributed by atoms with Gasteiger partial charge < -0.3 is 4.74 Å². The topological polar surface area (TPSA) is 22.1 Å². The monoisotopic (exact) mass is 329 g/mol. The van der Waals surface area contributed by atoms with E-state index in [1.54, 1.807) is 12.3 Å². The van der Waals surface area contributed by atoms with Gasteiger partial charge in [-0.3, -0.25) is 0 Å². The molecule has 5 heteroatoms. The van der Waals surface area contributed by atoms with E-state index in [0.29, 0.717) is 11.6 Å². The van der Waals surface area contributed by atoms with Crippen LogP contribution in [0.3, 0.4) is 0 Å². The van der Waals surface area contributed by atoms with E-state index in [9.17, 15) is 4.39 Å². The smallest absolute Gasteiger partial charge is 0.222 e. The lowest BCUT2D eigenvalue weighted by molar-refractivity contribution is 0.454. The Bertz CT molecular complexity index is 577. The Hall–Kier alpha value is -1.13. The third kappa shape index (κ3) is 3.00. The Morgan fingerprint density at radius 3 is 2.78 bits per heavy atom. The molecule has 0 unspecified atom stereocenters. The minimum Gasteiger partial charge on any atom is -0.439 e. The number of hydrogen-bond acceptors (Lipinski definition) is 2. The fourth-order valence-corrected chi connectivity index (χ4v) is 1.88. The Labute approximate surface area is 118 Å². The molecule has 0 aliphatic heterocycles. The summed E-state index contributed by atoms with van der Waals surface area (Å²) < 4.78 is 18.8. The quantitative estimate of drug-likeness (QED) is 0.749. The molecule has 0 spiro atoms. The highest BCUT2D eigenvalue weighted by molar-refractivity contribution is 9.08. The third-order valence-electron chi connectivity index (χ3n) is 2.35. The summed E-state index contributed by atoms with van der Waals surface area (Å²) in [5, 5.41) is 0.804. The van der Waals surface area contributed by atoms with Crippen molar-refractivity contribution in [1.29, 1.82) is 0 Å². The predicted molar refractivity (Wildman–Crippen MR) is 73.1 cm³/mol. The van der Waals surface area contributed by atoms with Crippen LogP contribution in [0.5, 0.6) is 11.6 Å². The second-order valence-electron chi connectivity index (χ2n) is 3.78.